The Balaban J connectivity index is 1.55. The van der Waals surface area contributed by atoms with Gasteiger partial charge >= 0.3 is 6.09 Å². The van der Waals surface area contributed by atoms with E-state index in [1.807, 2.05) is 30.3 Å². The number of nitrogens with zero attached hydrogens (tertiary/aromatic N) is 1. The SMILES string of the molecule is CC(C)(C)OC(=O)NCCSCC(=O)Nc1cccc(-c2n[nH]c(=O)c3ccccc23)c1. The Labute approximate surface area is 190 Å². The van der Waals surface area contributed by atoms with Crippen molar-refractivity contribution in [2.45, 2.75) is 26.4 Å². The maximum absolute atomic E-state index is 12.3. The van der Waals surface area contributed by atoms with E-state index in [2.05, 4.69) is 20.8 Å². The Morgan fingerprint density at radius 1 is 1.09 bits per heavy atom. The van der Waals surface area contributed by atoms with E-state index in [0.29, 0.717) is 29.1 Å². The van der Waals surface area contributed by atoms with Gasteiger partial charge in [0.25, 0.3) is 5.56 Å². The van der Waals surface area contributed by atoms with Crippen molar-refractivity contribution in [2.24, 2.45) is 0 Å². The molecule has 9 heteroatoms. The molecule has 3 rings (SSSR count). The second kappa shape index (κ2) is 10.3. The number of ether oxygens (including phenoxy) is 1. The maximum Gasteiger partial charge on any atom is 0.407 e. The highest BCUT2D eigenvalue weighted by Crippen LogP contribution is 2.26. The summed E-state index contributed by atoms with van der Waals surface area (Å²) >= 11 is 1.41. The van der Waals surface area contributed by atoms with E-state index >= 15 is 0 Å². The zero-order valence-electron chi connectivity index (χ0n) is 18.2. The van der Waals surface area contributed by atoms with Crippen LogP contribution in [0.2, 0.25) is 0 Å². The van der Waals surface area contributed by atoms with Crippen molar-refractivity contribution in [3.63, 3.8) is 0 Å². The van der Waals surface area contributed by atoms with E-state index in [-0.39, 0.29) is 17.2 Å². The number of anilines is 1. The second-order valence-corrected chi connectivity index (χ2v) is 9.16. The molecule has 2 aromatic carbocycles. The lowest BCUT2D eigenvalue weighted by Crippen LogP contribution is -2.33. The molecule has 0 bridgehead atoms. The molecule has 8 nitrogen and oxygen atoms in total. The van der Waals surface area contributed by atoms with Gasteiger partial charge in [-0.3, -0.25) is 9.59 Å². The third-order valence-corrected chi connectivity index (χ3v) is 5.22. The van der Waals surface area contributed by atoms with Gasteiger partial charge in [0.1, 0.15) is 5.60 Å². The monoisotopic (exact) mass is 454 g/mol. The number of nitrogens with one attached hydrogen (secondary N) is 3. The van der Waals surface area contributed by atoms with Crippen molar-refractivity contribution in [3.05, 3.63) is 58.9 Å². The fraction of sp³-hybridized carbons (Fsp3) is 0.304. The third-order valence-electron chi connectivity index (χ3n) is 4.26. The minimum atomic E-state index is -0.539. The highest BCUT2D eigenvalue weighted by Gasteiger charge is 2.15. The predicted molar refractivity (Wildman–Crippen MR) is 128 cm³/mol. The molecule has 0 aliphatic carbocycles. The quantitative estimate of drug-likeness (QED) is 0.468. The van der Waals surface area contributed by atoms with Crippen LogP contribution in [0, 0.1) is 0 Å². The number of fused-ring (bicyclic) bond motifs is 1. The molecular weight excluding hydrogens is 428 g/mol. The summed E-state index contributed by atoms with van der Waals surface area (Å²) in [6.07, 6.45) is -0.470. The van der Waals surface area contributed by atoms with Crippen LogP contribution in [0.1, 0.15) is 20.8 Å². The van der Waals surface area contributed by atoms with Gasteiger partial charge in [0.05, 0.1) is 16.8 Å². The molecule has 1 heterocycles. The van der Waals surface area contributed by atoms with E-state index in [0.717, 1.165) is 10.9 Å². The van der Waals surface area contributed by atoms with Gasteiger partial charge < -0.3 is 15.4 Å². The number of hydrogen-bond acceptors (Lipinski definition) is 6. The first-order chi connectivity index (χ1) is 15.2. The second-order valence-electron chi connectivity index (χ2n) is 8.06. The van der Waals surface area contributed by atoms with Gasteiger partial charge in [-0.1, -0.05) is 30.3 Å². The molecule has 3 aromatic rings. The van der Waals surface area contributed by atoms with Crippen LogP contribution in [-0.2, 0) is 9.53 Å². The van der Waals surface area contributed by atoms with E-state index in [1.54, 1.807) is 39.0 Å². The average molecular weight is 455 g/mol. The molecule has 32 heavy (non-hydrogen) atoms. The molecule has 0 unspecified atom stereocenters. The van der Waals surface area contributed by atoms with Crippen LogP contribution in [0.5, 0.6) is 0 Å². The van der Waals surface area contributed by atoms with Crippen molar-refractivity contribution < 1.29 is 14.3 Å². The normalized spacial score (nSPS) is 11.2. The molecule has 3 N–H and O–H groups in total. The number of rotatable bonds is 7. The minimum absolute atomic E-state index is 0.149. The standard InChI is InChI=1S/C23H26N4O4S/c1-23(2,3)31-22(30)24-11-12-32-14-19(28)25-16-8-6-7-15(13-16)20-17-9-4-5-10-18(17)21(29)27-26-20/h4-10,13H,11-12,14H2,1-3H3,(H,24,30)(H,25,28)(H,27,29). The Morgan fingerprint density at radius 3 is 2.59 bits per heavy atom. The molecule has 2 amide bonds. The Hall–Kier alpha value is -3.33. The fourth-order valence-electron chi connectivity index (χ4n) is 2.98. The smallest absolute Gasteiger partial charge is 0.407 e. The summed E-state index contributed by atoms with van der Waals surface area (Å²) in [4.78, 5) is 35.9. The van der Waals surface area contributed by atoms with Crippen LogP contribution in [-0.4, -0.2) is 45.8 Å². The topological polar surface area (TPSA) is 113 Å². The van der Waals surface area contributed by atoms with Gasteiger partial charge in [-0.2, -0.15) is 16.9 Å². The number of aromatic amines is 1. The summed E-state index contributed by atoms with van der Waals surface area (Å²) in [6, 6.07) is 14.6. The molecule has 0 saturated carbocycles. The van der Waals surface area contributed by atoms with Gasteiger partial charge in [-0.15, -0.1) is 0 Å². The first-order valence-electron chi connectivity index (χ1n) is 10.2. The van der Waals surface area contributed by atoms with Crippen molar-refractivity contribution in [1.82, 2.24) is 15.5 Å². The first kappa shape index (κ1) is 23.3. The van der Waals surface area contributed by atoms with Crippen LogP contribution in [0.3, 0.4) is 0 Å². The van der Waals surface area contributed by atoms with Crippen LogP contribution in [0.4, 0.5) is 10.5 Å². The summed E-state index contributed by atoms with van der Waals surface area (Å²) in [6.45, 7) is 5.82. The van der Waals surface area contributed by atoms with Crippen LogP contribution in [0.25, 0.3) is 22.0 Å². The Bertz CT molecular complexity index is 1170. The Kier molecular flexibility index (Phi) is 7.53. The van der Waals surface area contributed by atoms with Crippen molar-refractivity contribution in [1.29, 1.82) is 0 Å². The van der Waals surface area contributed by atoms with Crippen LogP contribution in [0.15, 0.2) is 53.3 Å². The summed E-state index contributed by atoms with van der Waals surface area (Å²) in [7, 11) is 0. The van der Waals surface area contributed by atoms with E-state index in [4.69, 9.17) is 4.74 Å². The number of amides is 2. The molecule has 0 aliphatic rings. The number of thioether (sulfide) groups is 1. The number of benzene rings is 2. The van der Waals surface area contributed by atoms with Gasteiger partial charge in [0.15, 0.2) is 0 Å². The van der Waals surface area contributed by atoms with E-state index in [1.165, 1.54) is 11.8 Å². The number of H-pyrrole nitrogens is 1. The number of carbonyl (C=O) groups excluding carboxylic acids is 2. The Morgan fingerprint density at radius 2 is 1.84 bits per heavy atom. The van der Waals surface area contributed by atoms with Crippen molar-refractivity contribution in [3.8, 4) is 11.3 Å². The fourth-order valence-corrected chi connectivity index (χ4v) is 3.63. The van der Waals surface area contributed by atoms with E-state index in [9.17, 15) is 14.4 Å². The summed E-state index contributed by atoms with van der Waals surface area (Å²) < 4.78 is 5.16. The number of hydrogen-bond donors (Lipinski definition) is 3. The molecule has 0 fully saturated rings. The molecular formula is C23H26N4O4S. The lowest BCUT2D eigenvalue weighted by atomic mass is 10.0. The predicted octanol–water partition coefficient (Wildman–Crippen LogP) is 3.79. The first-order valence-corrected chi connectivity index (χ1v) is 11.3. The largest absolute Gasteiger partial charge is 0.444 e. The molecule has 1 aromatic heterocycles. The highest BCUT2D eigenvalue weighted by atomic mass is 32.2. The molecule has 0 saturated heterocycles. The average Bonchev–Trinajstić information content (AvgIpc) is 2.73. The molecule has 0 spiro atoms. The number of aromatic nitrogens is 2. The molecule has 0 aliphatic heterocycles. The minimum Gasteiger partial charge on any atom is -0.444 e. The third kappa shape index (κ3) is 6.58. The van der Waals surface area contributed by atoms with Gasteiger partial charge in [0.2, 0.25) is 5.91 Å². The summed E-state index contributed by atoms with van der Waals surface area (Å²) in [5, 5.41) is 13.6. The van der Waals surface area contributed by atoms with E-state index < -0.39 is 11.7 Å². The van der Waals surface area contributed by atoms with Gasteiger partial charge in [0, 0.05) is 28.9 Å². The lowest BCUT2D eigenvalue weighted by molar-refractivity contribution is -0.113. The zero-order valence-corrected chi connectivity index (χ0v) is 19.0. The van der Waals surface area contributed by atoms with Crippen molar-refractivity contribution in [2.75, 3.05) is 23.4 Å². The molecule has 0 atom stereocenters. The summed E-state index contributed by atoms with van der Waals surface area (Å²) in [5.41, 5.74) is 1.27. The summed E-state index contributed by atoms with van der Waals surface area (Å²) in [5.74, 6) is 0.684. The maximum atomic E-state index is 12.3. The van der Waals surface area contributed by atoms with Gasteiger partial charge in [-0.25, -0.2) is 9.89 Å². The number of carbonyl (C=O) groups is 2. The van der Waals surface area contributed by atoms with Crippen LogP contribution >= 0.6 is 11.8 Å². The zero-order chi connectivity index (χ0) is 23.1. The highest BCUT2D eigenvalue weighted by molar-refractivity contribution is 7.99. The van der Waals surface area contributed by atoms with Crippen molar-refractivity contribution >= 4 is 40.2 Å². The number of alkyl carbamates (subject to hydrolysis) is 1. The molecule has 0 radical (unpaired) electrons. The van der Waals surface area contributed by atoms with Crippen LogP contribution < -0.4 is 16.2 Å². The molecule has 168 valence electrons. The lowest BCUT2D eigenvalue weighted by Gasteiger charge is -2.19. The van der Waals surface area contributed by atoms with Gasteiger partial charge in [-0.05, 0) is 39.0 Å².